The molecule has 1 aromatic heterocycles. The molecule has 0 unspecified atom stereocenters. The van der Waals surface area contributed by atoms with E-state index in [1.54, 1.807) is 38.5 Å². The first-order valence-electron chi connectivity index (χ1n) is 9.56. The van der Waals surface area contributed by atoms with Crippen molar-refractivity contribution in [3.05, 3.63) is 70.8 Å². The Balaban J connectivity index is 1.60. The van der Waals surface area contributed by atoms with Crippen LogP contribution < -0.4 is 19.5 Å². The van der Waals surface area contributed by atoms with Crippen LogP contribution in [0.15, 0.2) is 70.2 Å². The third kappa shape index (κ3) is 5.98. The van der Waals surface area contributed by atoms with Gasteiger partial charge in [-0.1, -0.05) is 22.0 Å². The van der Waals surface area contributed by atoms with E-state index in [1.807, 2.05) is 6.07 Å². The van der Waals surface area contributed by atoms with Crippen molar-refractivity contribution < 1.29 is 22.7 Å². The number of nitrogens with one attached hydrogen (secondary N) is 2. The molecule has 1 heterocycles. The van der Waals surface area contributed by atoms with Gasteiger partial charge in [-0.3, -0.25) is 9.52 Å². The van der Waals surface area contributed by atoms with Crippen LogP contribution in [-0.4, -0.2) is 33.5 Å². The number of benzene rings is 2. The number of hydrogen-bond acceptors (Lipinski definition) is 6. The van der Waals surface area contributed by atoms with Crippen molar-refractivity contribution in [1.29, 1.82) is 0 Å². The van der Waals surface area contributed by atoms with Gasteiger partial charge in [0.15, 0.2) is 11.5 Å². The van der Waals surface area contributed by atoms with Gasteiger partial charge in [-0.25, -0.2) is 13.4 Å². The molecule has 0 spiro atoms. The quantitative estimate of drug-likeness (QED) is 0.438. The lowest BCUT2D eigenvalue weighted by Gasteiger charge is -2.12. The van der Waals surface area contributed by atoms with E-state index in [2.05, 4.69) is 31.0 Å². The molecule has 3 aromatic rings. The Morgan fingerprint density at radius 3 is 2.34 bits per heavy atom. The van der Waals surface area contributed by atoms with Gasteiger partial charge in [0.05, 0.1) is 19.1 Å². The van der Waals surface area contributed by atoms with Gasteiger partial charge in [-0.2, -0.15) is 0 Å². The minimum absolute atomic E-state index is 0.0652. The zero-order chi connectivity index (χ0) is 23.1. The Kier molecular flexibility index (Phi) is 7.70. The molecule has 0 saturated heterocycles. The fraction of sp³-hybridized carbons (Fsp3) is 0.182. The van der Waals surface area contributed by atoms with Gasteiger partial charge in [0.1, 0.15) is 5.82 Å². The maximum atomic E-state index is 12.5. The van der Waals surface area contributed by atoms with Crippen molar-refractivity contribution >= 4 is 43.4 Å². The molecule has 0 atom stereocenters. The SMILES string of the molecule is COc1cc(Br)c(CCC(=O)Nc2ccc(S(=O)(=O)Nc3ccccn3)cc2)cc1OC. The van der Waals surface area contributed by atoms with E-state index in [4.69, 9.17) is 9.47 Å². The molecule has 1 amide bonds. The van der Waals surface area contributed by atoms with Crippen molar-refractivity contribution in [3.8, 4) is 11.5 Å². The van der Waals surface area contributed by atoms with Crippen LogP contribution in [0.25, 0.3) is 0 Å². The summed E-state index contributed by atoms with van der Waals surface area (Å²) in [7, 11) is -0.663. The van der Waals surface area contributed by atoms with Crippen molar-refractivity contribution in [2.75, 3.05) is 24.3 Å². The molecule has 8 nitrogen and oxygen atoms in total. The number of amides is 1. The lowest BCUT2D eigenvalue weighted by molar-refractivity contribution is -0.116. The van der Waals surface area contributed by atoms with Crippen LogP contribution in [0.4, 0.5) is 11.5 Å². The Hall–Kier alpha value is -3.11. The fourth-order valence-corrected chi connectivity index (χ4v) is 4.43. The molecule has 0 aliphatic heterocycles. The van der Waals surface area contributed by atoms with Crippen LogP contribution in [-0.2, 0) is 21.2 Å². The average Bonchev–Trinajstić information content (AvgIpc) is 2.78. The number of sulfonamides is 1. The van der Waals surface area contributed by atoms with Crippen molar-refractivity contribution in [1.82, 2.24) is 4.98 Å². The van der Waals surface area contributed by atoms with Crippen molar-refractivity contribution in [3.63, 3.8) is 0 Å². The Morgan fingerprint density at radius 2 is 1.72 bits per heavy atom. The lowest BCUT2D eigenvalue weighted by Crippen LogP contribution is -2.15. The third-order valence-electron chi connectivity index (χ3n) is 4.53. The zero-order valence-corrected chi connectivity index (χ0v) is 19.9. The summed E-state index contributed by atoms with van der Waals surface area (Å²) < 4.78 is 38.7. The van der Waals surface area contributed by atoms with Crippen LogP contribution in [0.3, 0.4) is 0 Å². The molecule has 0 aliphatic rings. The van der Waals surface area contributed by atoms with E-state index in [0.717, 1.165) is 10.0 Å². The molecule has 10 heteroatoms. The normalized spacial score (nSPS) is 11.0. The third-order valence-corrected chi connectivity index (χ3v) is 6.64. The number of pyridine rings is 1. The molecule has 0 aliphatic carbocycles. The van der Waals surface area contributed by atoms with Gasteiger partial charge in [0.25, 0.3) is 10.0 Å². The molecule has 3 rings (SSSR count). The number of rotatable bonds is 9. The number of aromatic nitrogens is 1. The van der Waals surface area contributed by atoms with Gasteiger partial charge >= 0.3 is 0 Å². The van der Waals surface area contributed by atoms with E-state index < -0.39 is 10.0 Å². The predicted molar refractivity (Wildman–Crippen MR) is 126 cm³/mol. The first-order valence-corrected chi connectivity index (χ1v) is 11.8. The summed E-state index contributed by atoms with van der Waals surface area (Å²) in [6, 6.07) is 14.5. The molecular weight excluding hydrogens is 498 g/mol. The summed E-state index contributed by atoms with van der Waals surface area (Å²) in [5, 5.41) is 2.77. The number of hydrogen-bond donors (Lipinski definition) is 2. The van der Waals surface area contributed by atoms with E-state index in [-0.39, 0.29) is 23.0 Å². The molecule has 2 N–H and O–H groups in total. The highest BCUT2D eigenvalue weighted by Crippen LogP contribution is 2.33. The van der Waals surface area contributed by atoms with Gasteiger partial charge in [-0.15, -0.1) is 0 Å². The maximum Gasteiger partial charge on any atom is 0.263 e. The van der Waals surface area contributed by atoms with Gasteiger partial charge in [0.2, 0.25) is 5.91 Å². The summed E-state index contributed by atoms with van der Waals surface area (Å²) in [6.07, 6.45) is 2.21. The van der Waals surface area contributed by atoms with Crippen LogP contribution in [0.2, 0.25) is 0 Å². The number of nitrogens with zero attached hydrogens (tertiary/aromatic N) is 1. The minimum Gasteiger partial charge on any atom is -0.493 e. The van der Waals surface area contributed by atoms with Crippen molar-refractivity contribution in [2.24, 2.45) is 0 Å². The molecule has 2 aromatic carbocycles. The topological polar surface area (TPSA) is 107 Å². The van der Waals surface area contributed by atoms with E-state index in [9.17, 15) is 13.2 Å². The Labute approximate surface area is 195 Å². The average molecular weight is 520 g/mol. The minimum atomic E-state index is -3.77. The molecule has 0 radical (unpaired) electrons. The van der Waals surface area contributed by atoms with E-state index in [0.29, 0.717) is 23.6 Å². The largest absolute Gasteiger partial charge is 0.493 e. The predicted octanol–water partition coefficient (Wildman–Crippen LogP) is 4.23. The zero-order valence-electron chi connectivity index (χ0n) is 17.5. The Bertz CT molecular complexity index is 1190. The molecule has 0 bridgehead atoms. The van der Waals surface area contributed by atoms with Crippen LogP contribution in [0, 0.1) is 0 Å². The number of carbonyl (C=O) groups is 1. The number of methoxy groups -OCH3 is 2. The fourth-order valence-electron chi connectivity index (χ4n) is 2.90. The van der Waals surface area contributed by atoms with Crippen LogP contribution >= 0.6 is 15.9 Å². The molecule has 168 valence electrons. The lowest BCUT2D eigenvalue weighted by atomic mass is 10.1. The first kappa shape index (κ1) is 23.6. The summed E-state index contributed by atoms with van der Waals surface area (Å²) >= 11 is 3.48. The van der Waals surface area contributed by atoms with E-state index in [1.165, 1.54) is 30.5 Å². The Morgan fingerprint density at radius 1 is 1.03 bits per heavy atom. The van der Waals surface area contributed by atoms with Gasteiger partial charge in [-0.05, 0) is 60.5 Å². The van der Waals surface area contributed by atoms with E-state index >= 15 is 0 Å². The highest BCUT2D eigenvalue weighted by atomic mass is 79.9. The number of halogens is 1. The summed E-state index contributed by atoms with van der Waals surface area (Å²) in [6.45, 7) is 0. The standard InChI is InChI=1S/C22H22BrN3O5S/c1-30-19-13-15(18(23)14-20(19)31-2)6-11-22(27)25-16-7-9-17(10-8-16)32(28,29)26-21-5-3-4-12-24-21/h3-5,7-10,12-14H,6,11H2,1-2H3,(H,24,26)(H,25,27). The second-order valence-electron chi connectivity index (χ2n) is 6.69. The van der Waals surface area contributed by atoms with Crippen molar-refractivity contribution in [2.45, 2.75) is 17.7 Å². The smallest absolute Gasteiger partial charge is 0.263 e. The highest BCUT2D eigenvalue weighted by molar-refractivity contribution is 9.10. The monoisotopic (exact) mass is 519 g/mol. The number of aryl methyl sites for hydroxylation is 1. The van der Waals surface area contributed by atoms with Gasteiger partial charge in [0, 0.05) is 22.8 Å². The van der Waals surface area contributed by atoms with Crippen LogP contribution in [0.5, 0.6) is 11.5 Å². The summed E-state index contributed by atoms with van der Waals surface area (Å²) in [5.74, 6) is 1.21. The highest BCUT2D eigenvalue weighted by Gasteiger charge is 2.15. The second kappa shape index (κ2) is 10.5. The number of anilines is 2. The van der Waals surface area contributed by atoms with Crippen LogP contribution in [0.1, 0.15) is 12.0 Å². The van der Waals surface area contributed by atoms with Gasteiger partial charge < -0.3 is 14.8 Å². The summed E-state index contributed by atoms with van der Waals surface area (Å²) in [4.78, 5) is 16.4. The number of carbonyl (C=O) groups excluding carboxylic acids is 1. The second-order valence-corrected chi connectivity index (χ2v) is 9.23. The molecule has 32 heavy (non-hydrogen) atoms. The molecule has 0 fully saturated rings. The first-order chi connectivity index (χ1) is 15.3. The maximum absolute atomic E-state index is 12.5. The molecular formula is C22H22BrN3O5S. The summed E-state index contributed by atoms with van der Waals surface area (Å²) in [5.41, 5.74) is 1.40. The molecule has 0 saturated carbocycles. The number of ether oxygens (including phenoxy) is 2.